The molecule has 53 heavy (non-hydrogen) atoms. The van der Waals surface area contributed by atoms with Gasteiger partial charge in [-0.2, -0.15) is 0 Å². The topological polar surface area (TPSA) is 40.2 Å². The Hall–Kier alpha value is -0.440. The fraction of sp³-hybridized carbons (Fsp3) is 0.870. The van der Waals surface area contributed by atoms with Gasteiger partial charge < -0.3 is 18.9 Å². The number of methoxy groups -OCH3 is 1. The number of rotatable bonds is 29. The molecule has 0 aromatic heterocycles. The quantitative estimate of drug-likeness (QED) is 0.0592. The molecule has 0 radical (unpaired) electrons. The summed E-state index contributed by atoms with van der Waals surface area (Å²) < 4.78 is 22.7. The predicted molar refractivity (Wildman–Crippen MR) is 241 cm³/mol. The summed E-state index contributed by atoms with van der Waals surface area (Å²) in [6.45, 7) is 30.0. The maximum atomic E-state index is 6.25. The zero-order valence-corrected chi connectivity index (χ0v) is 39.2. The molecule has 4 atom stereocenters. The summed E-state index contributed by atoms with van der Waals surface area (Å²) in [5, 5.41) is 0. The van der Waals surface area contributed by atoms with Crippen LogP contribution < -0.4 is 4.74 Å². The van der Waals surface area contributed by atoms with Gasteiger partial charge in [0.25, 0.3) is 0 Å². The van der Waals surface area contributed by atoms with Crippen LogP contribution in [-0.2, 0) is 27.2 Å². The van der Waals surface area contributed by atoms with E-state index in [9.17, 15) is 0 Å². The van der Waals surface area contributed by atoms with E-state index < -0.39 is 0 Å². The Bertz CT molecular complexity index is 889. The molecule has 0 saturated heterocycles. The van der Waals surface area contributed by atoms with E-state index in [4.69, 9.17) is 14.2 Å². The molecule has 7 heteroatoms. The number of unbranched alkanes of at least 4 members (excludes halogenated alkanes) is 2. The lowest BCUT2D eigenvalue weighted by molar-refractivity contribution is -0.0713. The Labute approximate surface area is 340 Å². The van der Waals surface area contributed by atoms with Gasteiger partial charge in [-0.05, 0) is 86.6 Å². The average Bonchev–Trinajstić information content (AvgIpc) is 3.16. The molecule has 0 spiro atoms. The summed E-state index contributed by atoms with van der Waals surface area (Å²) in [6, 6.07) is 6.79. The zero-order chi connectivity index (χ0) is 40.1. The van der Waals surface area contributed by atoms with E-state index in [1.165, 1.54) is 94.8 Å². The summed E-state index contributed by atoms with van der Waals surface area (Å²) in [5.41, 5.74) is 2.97. The van der Waals surface area contributed by atoms with Crippen LogP contribution in [0.15, 0.2) is 18.2 Å². The minimum Gasteiger partial charge on any atom is -0.493 e. The maximum absolute atomic E-state index is 6.25. The second-order valence-corrected chi connectivity index (χ2v) is 17.5. The molecule has 316 valence electrons. The molecular weight excluding hydrogens is 695 g/mol. The summed E-state index contributed by atoms with van der Waals surface area (Å²) >= 11 is 0. The Morgan fingerprint density at radius 1 is 0.679 bits per heavy atom. The standard InChI is InChI=1S/C40H73NO3S2.C2H6O.2C2H6/c1-8-11-12-21-40(42-10-3)39(9-2)44-28-30-46-45-29-27-43-38-23-22-37-32-41(26-24-36(37)31-38)25-15-20-35(7)19-14-18-34(6)17-13-16-33(4)5;1-3-2;2*1-2/h22-23,31,33-35,39-40H,8-21,24-30,32H2,1-7H3;1-2H3;2*1-2H3. The zero-order valence-electron chi connectivity index (χ0n) is 37.6. The number of benzene rings is 1. The van der Waals surface area contributed by atoms with Gasteiger partial charge in [0.2, 0.25) is 0 Å². The third kappa shape index (κ3) is 30.4. The fourth-order valence-corrected chi connectivity index (χ4v) is 8.40. The number of fused-ring (bicyclic) bond motifs is 1. The second-order valence-electron chi connectivity index (χ2n) is 14.8. The lowest BCUT2D eigenvalue weighted by Crippen LogP contribution is -2.32. The SMILES string of the molecule is CC.CC.CCCCCC(OCC)C(CC)OCCSSCCOc1ccc2c(c1)CCN(CCCC(C)CCCC(C)CCCC(C)C)C2.COC. The molecule has 1 aromatic rings. The molecule has 4 unspecified atom stereocenters. The third-order valence-corrected chi connectivity index (χ3v) is 12.0. The van der Waals surface area contributed by atoms with Gasteiger partial charge in [0.1, 0.15) is 5.75 Å². The van der Waals surface area contributed by atoms with E-state index in [0.717, 1.165) is 80.6 Å². The van der Waals surface area contributed by atoms with E-state index in [1.807, 2.05) is 49.3 Å². The van der Waals surface area contributed by atoms with Crippen molar-refractivity contribution in [3.63, 3.8) is 0 Å². The Morgan fingerprint density at radius 2 is 1.28 bits per heavy atom. The minimum absolute atomic E-state index is 0.212. The Kier molecular flexibility index (Phi) is 41.0. The van der Waals surface area contributed by atoms with Gasteiger partial charge in [0, 0.05) is 45.4 Å². The van der Waals surface area contributed by atoms with Gasteiger partial charge in [-0.3, -0.25) is 4.90 Å². The predicted octanol–water partition coefficient (Wildman–Crippen LogP) is 13.9. The Morgan fingerprint density at radius 3 is 1.87 bits per heavy atom. The van der Waals surface area contributed by atoms with Crippen LogP contribution in [0.25, 0.3) is 0 Å². The van der Waals surface area contributed by atoms with Gasteiger partial charge in [0.05, 0.1) is 25.4 Å². The van der Waals surface area contributed by atoms with Crippen molar-refractivity contribution in [2.45, 2.75) is 185 Å². The number of hydrogen-bond donors (Lipinski definition) is 0. The lowest BCUT2D eigenvalue weighted by atomic mass is 9.92. The molecule has 1 aromatic carbocycles. The molecule has 2 rings (SSSR count). The molecule has 5 nitrogen and oxygen atoms in total. The van der Waals surface area contributed by atoms with Crippen LogP contribution in [-0.4, -0.2) is 75.7 Å². The molecule has 1 aliphatic heterocycles. The van der Waals surface area contributed by atoms with Crippen molar-refractivity contribution in [1.82, 2.24) is 4.90 Å². The average molecular weight is 786 g/mol. The summed E-state index contributed by atoms with van der Waals surface area (Å²) in [5.74, 6) is 5.63. The monoisotopic (exact) mass is 786 g/mol. The molecule has 0 saturated carbocycles. The number of hydrogen-bond acceptors (Lipinski definition) is 7. The van der Waals surface area contributed by atoms with Crippen molar-refractivity contribution < 1.29 is 18.9 Å². The minimum atomic E-state index is 0.212. The highest BCUT2D eigenvalue weighted by Gasteiger charge is 2.21. The van der Waals surface area contributed by atoms with Crippen molar-refractivity contribution in [3.8, 4) is 5.75 Å². The van der Waals surface area contributed by atoms with Crippen molar-refractivity contribution in [2.75, 3.05) is 58.6 Å². The van der Waals surface area contributed by atoms with E-state index in [1.54, 1.807) is 14.2 Å². The van der Waals surface area contributed by atoms with E-state index in [0.29, 0.717) is 0 Å². The molecule has 0 fully saturated rings. The first-order valence-corrected chi connectivity index (χ1v) is 24.6. The largest absolute Gasteiger partial charge is 0.493 e. The van der Waals surface area contributed by atoms with Gasteiger partial charge in [-0.15, -0.1) is 0 Å². The van der Waals surface area contributed by atoms with Gasteiger partial charge in [0.15, 0.2) is 0 Å². The van der Waals surface area contributed by atoms with E-state index in [2.05, 4.69) is 76.3 Å². The molecule has 0 N–H and O–H groups in total. The van der Waals surface area contributed by atoms with Crippen LogP contribution in [0.3, 0.4) is 0 Å². The maximum Gasteiger partial charge on any atom is 0.119 e. The Balaban J connectivity index is 0. The van der Waals surface area contributed by atoms with Crippen LogP contribution >= 0.6 is 21.6 Å². The van der Waals surface area contributed by atoms with Gasteiger partial charge in [-0.1, -0.05) is 155 Å². The molecule has 0 bridgehead atoms. The molecule has 0 amide bonds. The second kappa shape index (κ2) is 39.8. The molecule has 1 aliphatic rings. The van der Waals surface area contributed by atoms with Crippen molar-refractivity contribution in [1.29, 1.82) is 0 Å². The summed E-state index contributed by atoms with van der Waals surface area (Å²) in [4.78, 5) is 2.66. The first-order chi connectivity index (χ1) is 25.8. The smallest absolute Gasteiger partial charge is 0.119 e. The van der Waals surface area contributed by atoms with Crippen LogP contribution in [0.2, 0.25) is 0 Å². The highest BCUT2D eigenvalue weighted by molar-refractivity contribution is 8.76. The number of nitrogens with zero attached hydrogens (tertiary/aromatic N) is 1. The van der Waals surface area contributed by atoms with Crippen molar-refractivity contribution >= 4 is 21.6 Å². The number of ether oxygens (including phenoxy) is 4. The fourth-order valence-electron chi connectivity index (χ4n) is 6.73. The van der Waals surface area contributed by atoms with E-state index in [-0.39, 0.29) is 12.2 Å². The highest BCUT2D eigenvalue weighted by Crippen LogP contribution is 2.27. The van der Waals surface area contributed by atoms with Crippen LogP contribution in [0.4, 0.5) is 0 Å². The third-order valence-electron chi connectivity index (χ3n) is 9.62. The summed E-state index contributed by atoms with van der Waals surface area (Å²) in [6.07, 6.45) is 18.6. The lowest BCUT2D eigenvalue weighted by Gasteiger charge is -2.29. The summed E-state index contributed by atoms with van der Waals surface area (Å²) in [7, 11) is 7.03. The van der Waals surface area contributed by atoms with Gasteiger partial charge >= 0.3 is 0 Å². The van der Waals surface area contributed by atoms with Gasteiger partial charge in [-0.25, -0.2) is 0 Å². The van der Waals surface area contributed by atoms with Crippen molar-refractivity contribution in [3.05, 3.63) is 29.3 Å². The normalized spacial score (nSPS) is 14.8. The molecule has 0 aliphatic carbocycles. The van der Waals surface area contributed by atoms with Crippen LogP contribution in [0, 0.1) is 17.8 Å². The molecule has 1 heterocycles. The van der Waals surface area contributed by atoms with Crippen LogP contribution in [0.5, 0.6) is 5.75 Å². The van der Waals surface area contributed by atoms with E-state index >= 15 is 0 Å². The molecular formula is C46H91NO4S2. The highest BCUT2D eigenvalue weighted by atomic mass is 33.1. The first kappa shape index (κ1) is 54.7. The van der Waals surface area contributed by atoms with Crippen LogP contribution in [0.1, 0.15) is 171 Å². The van der Waals surface area contributed by atoms with Crippen molar-refractivity contribution in [2.24, 2.45) is 17.8 Å². The first-order valence-electron chi connectivity index (χ1n) is 22.1.